The summed E-state index contributed by atoms with van der Waals surface area (Å²) in [5.74, 6) is 0. The Bertz CT molecular complexity index is 768. The molecular formula is C17H20NO4S+. The first-order valence-electron chi connectivity index (χ1n) is 6.73. The van der Waals surface area contributed by atoms with Gasteiger partial charge in [0.15, 0.2) is 6.20 Å². The fraction of sp³-hybridized carbons (Fsp3) is 0.118. The second kappa shape index (κ2) is 8.99. The third-order valence-corrected chi connectivity index (χ3v) is 3.33. The van der Waals surface area contributed by atoms with Crippen molar-refractivity contribution in [1.82, 2.24) is 0 Å². The van der Waals surface area contributed by atoms with Crippen molar-refractivity contribution < 1.29 is 21.7 Å². The summed E-state index contributed by atoms with van der Waals surface area (Å²) in [4.78, 5) is 0. The van der Waals surface area contributed by atoms with Crippen LogP contribution in [0.5, 0.6) is 0 Å². The lowest BCUT2D eigenvalue weighted by Gasteiger charge is -1.98. The summed E-state index contributed by atoms with van der Waals surface area (Å²) in [6.07, 6.45) is 6.16. The largest absolute Gasteiger partial charge is 0.397 e. The molecule has 0 fully saturated rings. The average Bonchev–Trinajstić information content (AvgIpc) is 2.54. The molecular weight excluding hydrogens is 314 g/mol. The van der Waals surface area contributed by atoms with Crippen molar-refractivity contribution in [1.29, 1.82) is 0 Å². The van der Waals surface area contributed by atoms with Crippen LogP contribution in [0.25, 0.3) is 11.6 Å². The molecule has 0 saturated heterocycles. The molecule has 0 bridgehead atoms. The number of pyridine rings is 1. The summed E-state index contributed by atoms with van der Waals surface area (Å²) in [5, 5.41) is 0. The van der Waals surface area contributed by atoms with Crippen molar-refractivity contribution >= 4 is 22.0 Å². The smallest absolute Gasteiger partial charge is 0.264 e. The van der Waals surface area contributed by atoms with Gasteiger partial charge in [-0.2, -0.15) is 8.42 Å². The molecule has 1 N–H and O–H groups in total. The first-order valence-corrected chi connectivity index (χ1v) is 8.10. The zero-order valence-electron chi connectivity index (χ0n) is 13.1. The van der Waals surface area contributed by atoms with E-state index in [2.05, 4.69) is 39.6 Å². The number of allylic oxidation sites excluding steroid dienone is 2. The molecule has 0 aliphatic rings. The molecule has 0 spiro atoms. The van der Waals surface area contributed by atoms with Gasteiger partial charge in [0.25, 0.3) is 0 Å². The van der Waals surface area contributed by atoms with E-state index in [9.17, 15) is 8.42 Å². The molecule has 0 atom stereocenters. The number of hydrogen-bond donors (Lipinski definition) is 1. The molecule has 6 heteroatoms. The van der Waals surface area contributed by atoms with Gasteiger partial charge in [0.2, 0.25) is 5.69 Å². The standard InChI is InChI=1S/C16H16N.CH4O4S/c1-14(15-8-4-3-5-9-15)11-12-16-10-6-7-13-17(16)2;1-5-6(2,3)4/h3-13H,1H2,2H3;1H3,(H,2,3,4)/q+1;/b12-11+;. The second-order valence-corrected chi connectivity index (χ2v) is 5.74. The minimum absolute atomic E-state index is 0.870. The molecule has 0 aliphatic heterocycles. The van der Waals surface area contributed by atoms with Gasteiger partial charge in [0.1, 0.15) is 7.05 Å². The van der Waals surface area contributed by atoms with Crippen LogP contribution in [0.3, 0.4) is 0 Å². The molecule has 1 aromatic carbocycles. The molecule has 0 amide bonds. The molecule has 0 radical (unpaired) electrons. The summed E-state index contributed by atoms with van der Waals surface area (Å²) in [7, 11) is -1.26. The Morgan fingerprint density at radius 1 is 1.17 bits per heavy atom. The van der Waals surface area contributed by atoms with Crippen LogP contribution in [0, 0.1) is 0 Å². The highest BCUT2D eigenvalue weighted by atomic mass is 32.3. The van der Waals surface area contributed by atoms with Gasteiger partial charge in [0.05, 0.1) is 7.11 Å². The van der Waals surface area contributed by atoms with Crippen LogP contribution >= 0.6 is 0 Å². The number of nitrogens with zero attached hydrogens (tertiary/aromatic N) is 1. The normalized spacial score (nSPS) is 10.9. The maximum Gasteiger partial charge on any atom is 0.397 e. The molecule has 1 aromatic heterocycles. The van der Waals surface area contributed by atoms with Gasteiger partial charge in [-0.3, -0.25) is 8.74 Å². The molecule has 2 rings (SSSR count). The monoisotopic (exact) mass is 334 g/mol. The lowest BCUT2D eigenvalue weighted by atomic mass is 10.1. The molecule has 2 aromatic rings. The van der Waals surface area contributed by atoms with Crippen LogP contribution in [0.2, 0.25) is 0 Å². The van der Waals surface area contributed by atoms with Gasteiger partial charge in [-0.15, -0.1) is 0 Å². The van der Waals surface area contributed by atoms with Crippen LogP contribution in [0.1, 0.15) is 11.3 Å². The van der Waals surface area contributed by atoms with Crippen LogP contribution in [0.4, 0.5) is 0 Å². The predicted octanol–water partition coefficient (Wildman–Crippen LogP) is 2.67. The molecule has 0 aliphatic carbocycles. The number of hydrogen-bond acceptors (Lipinski definition) is 3. The third kappa shape index (κ3) is 7.51. The fourth-order valence-electron chi connectivity index (χ4n) is 1.64. The quantitative estimate of drug-likeness (QED) is 0.530. The number of benzene rings is 1. The van der Waals surface area contributed by atoms with E-state index in [-0.39, 0.29) is 0 Å². The van der Waals surface area contributed by atoms with Gasteiger partial charge < -0.3 is 0 Å². The van der Waals surface area contributed by atoms with E-state index in [1.807, 2.05) is 49.7 Å². The zero-order chi connectivity index (χ0) is 17.3. The van der Waals surface area contributed by atoms with Crippen LogP contribution < -0.4 is 4.57 Å². The minimum Gasteiger partial charge on any atom is -0.264 e. The highest BCUT2D eigenvalue weighted by Crippen LogP contribution is 2.13. The van der Waals surface area contributed by atoms with Crippen molar-refractivity contribution in [2.24, 2.45) is 7.05 Å². The van der Waals surface area contributed by atoms with Crippen molar-refractivity contribution in [3.8, 4) is 0 Å². The van der Waals surface area contributed by atoms with Gasteiger partial charge in [-0.1, -0.05) is 36.9 Å². The SMILES string of the molecule is C=C(/C=C/c1cccc[n+]1C)c1ccccc1.COS(=O)(=O)O. The second-order valence-electron chi connectivity index (χ2n) is 4.56. The van der Waals surface area contributed by atoms with E-state index < -0.39 is 10.4 Å². The van der Waals surface area contributed by atoms with E-state index in [0.29, 0.717) is 0 Å². The summed E-state index contributed by atoms with van der Waals surface area (Å²) in [6, 6.07) is 16.3. The Labute approximate surface area is 137 Å². The Kier molecular flexibility index (Phi) is 7.34. The maximum atomic E-state index is 9.33. The number of aryl methyl sites for hydroxylation is 1. The average molecular weight is 334 g/mol. The Balaban J connectivity index is 0.000000379. The first kappa shape index (κ1) is 18.8. The van der Waals surface area contributed by atoms with E-state index in [0.717, 1.165) is 23.9 Å². The molecule has 1 heterocycles. The Morgan fingerprint density at radius 2 is 1.74 bits per heavy atom. The lowest BCUT2D eigenvalue weighted by molar-refractivity contribution is -0.673. The van der Waals surface area contributed by atoms with Crippen molar-refractivity contribution in [2.75, 3.05) is 7.11 Å². The molecule has 0 unspecified atom stereocenters. The third-order valence-electron chi connectivity index (χ3n) is 2.91. The van der Waals surface area contributed by atoms with E-state index >= 15 is 0 Å². The Morgan fingerprint density at radius 3 is 2.26 bits per heavy atom. The molecule has 0 saturated carbocycles. The maximum absolute atomic E-state index is 9.33. The van der Waals surface area contributed by atoms with E-state index in [4.69, 9.17) is 4.55 Å². The highest BCUT2D eigenvalue weighted by Gasteiger charge is 1.99. The van der Waals surface area contributed by atoms with Gasteiger partial charge in [-0.05, 0) is 23.3 Å². The molecule has 122 valence electrons. The van der Waals surface area contributed by atoms with Crippen LogP contribution in [-0.4, -0.2) is 20.1 Å². The van der Waals surface area contributed by atoms with Gasteiger partial charge in [-0.25, -0.2) is 4.57 Å². The lowest BCUT2D eigenvalue weighted by Crippen LogP contribution is -2.30. The summed E-state index contributed by atoms with van der Waals surface area (Å²) < 4.78 is 31.8. The zero-order valence-corrected chi connectivity index (χ0v) is 13.9. The van der Waals surface area contributed by atoms with Crippen LogP contribution in [0.15, 0.2) is 67.4 Å². The summed E-state index contributed by atoms with van der Waals surface area (Å²) in [6.45, 7) is 4.07. The van der Waals surface area contributed by atoms with Gasteiger partial charge >= 0.3 is 10.4 Å². The number of aromatic nitrogens is 1. The molecule has 23 heavy (non-hydrogen) atoms. The molecule has 5 nitrogen and oxygen atoms in total. The predicted molar refractivity (Wildman–Crippen MR) is 90.7 cm³/mol. The fourth-order valence-corrected chi connectivity index (χ4v) is 1.64. The van der Waals surface area contributed by atoms with E-state index in [1.54, 1.807) is 0 Å². The minimum atomic E-state index is -4.16. The summed E-state index contributed by atoms with van der Waals surface area (Å²) >= 11 is 0. The van der Waals surface area contributed by atoms with E-state index in [1.165, 1.54) is 0 Å². The number of rotatable bonds is 4. The topological polar surface area (TPSA) is 67.5 Å². The Hall–Kier alpha value is -2.28. The highest BCUT2D eigenvalue weighted by molar-refractivity contribution is 7.80. The summed E-state index contributed by atoms with van der Waals surface area (Å²) in [5.41, 5.74) is 3.33. The van der Waals surface area contributed by atoms with Crippen molar-refractivity contribution in [3.05, 3.63) is 78.6 Å². The van der Waals surface area contributed by atoms with Gasteiger partial charge in [0, 0.05) is 18.2 Å². The first-order chi connectivity index (χ1) is 10.8. The van der Waals surface area contributed by atoms with Crippen molar-refractivity contribution in [2.45, 2.75) is 0 Å². The van der Waals surface area contributed by atoms with Crippen LogP contribution in [-0.2, 0) is 21.6 Å². The van der Waals surface area contributed by atoms with Crippen molar-refractivity contribution in [3.63, 3.8) is 0 Å².